The zero-order chi connectivity index (χ0) is 14.3. The van der Waals surface area contributed by atoms with E-state index in [0.717, 1.165) is 52.3 Å². The first-order valence-electron chi connectivity index (χ1n) is 9.49. The monoisotopic (exact) mass is 274 g/mol. The number of hydrogen-bond donors (Lipinski definition) is 0. The van der Waals surface area contributed by atoms with Crippen molar-refractivity contribution in [1.82, 2.24) is 0 Å². The summed E-state index contributed by atoms with van der Waals surface area (Å²) in [6.07, 6.45) is 9.23. The maximum absolute atomic E-state index is 2.61. The Hall–Kier alpha value is 0. The van der Waals surface area contributed by atoms with Crippen LogP contribution in [0, 0.1) is 52.3 Å². The Bertz CT molecular complexity index is 412. The normalized spacial score (nSPS) is 64.3. The van der Waals surface area contributed by atoms with Crippen LogP contribution in [-0.4, -0.2) is 0 Å². The summed E-state index contributed by atoms with van der Waals surface area (Å²) >= 11 is 0. The third-order valence-electron chi connectivity index (χ3n) is 9.48. The first-order valence-corrected chi connectivity index (χ1v) is 9.49. The van der Waals surface area contributed by atoms with Gasteiger partial charge in [0.1, 0.15) is 0 Å². The molecule has 4 aliphatic carbocycles. The van der Waals surface area contributed by atoms with Crippen LogP contribution in [0.4, 0.5) is 0 Å². The van der Waals surface area contributed by atoms with Gasteiger partial charge in [0.25, 0.3) is 0 Å². The first kappa shape index (κ1) is 13.6. The molecule has 1 spiro atoms. The Kier molecular flexibility index (Phi) is 2.76. The molecule has 9 unspecified atom stereocenters. The molecule has 0 heterocycles. The molecule has 0 bridgehead atoms. The molecule has 114 valence electrons. The van der Waals surface area contributed by atoms with E-state index in [1.165, 1.54) is 12.8 Å². The lowest BCUT2D eigenvalue weighted by Crippen LogP contribution is -2.73. The van der Waals surface area contributed by atoms with Gasteiger partial charge in [-0.05, 0) is 90.8 Å². The smallest absolute Gasteiger partial charge is 0.0176 e. The predicted octanol–water partition coefficient (Wildman–Crippen LogP) is 5.77. The van der Waals surface area contributed by atoms with Crippen molar-refractivity contribution in [2.24, 2.45) is 52.3 Å². The number of fused-ring (bicyclic) bond motifs is 5. The zero-order valence-corrected chi connectivity index (χ0v) is 14.3. The van der Waals surface area contributed by atoms with E-state index in [4.69, 9.17) is 0 Å². The van der Waals surface area contributed by atoms with Crippen LogP contribution in [0.1, 0.15) is 73.1 Å². The van der Waals surface area contributed by atoms with Gasteiger partial charge >= 0.3 is 0 Å². The predicted molar refractivity (Wildman–Crippen MR) is 85.4 cm³/mol. The largest absolute Gasteiger partial charge is 0.0648 e. The Morgan fingerprint density at radius 3 is 2.20 bits per heavy atom. The van der Waals surface area contributed by atoms with Gasteiger partial charge in [-0.15, -0.1) is 0 Å². The third-order valence-corrected chi connectivity index (χ3v) is 9.48. The Balaban J connectivity index is 1.79. The van der Waals surface area contributed by atoms with Crippen molar-refractivity contribution in [3.63, 3.8) is 0 Å². The van der Waals surface area contributed by atoms with Crippen LogP contribution in [0.2, 0.25) is 0 Å². The van der Waals surface area contributed by atoms with Gasteiger partial charge in [0.15, 0.2) is 0 Å². The molecular weight excluding hydrogens is 240 g/mol. The van der Waals surface area contributed by atoms with Gasteiger partial charge in [-0.25, -0.2) is 0 Å². The molecule has 0 amide bonds. The number of rotatable bonds is 1. The summed E-state index contributed by atoms with van der Waals surface area (Å²) < 4.78 is 0. The van der Waals surface area contributed by atoms with Crippen LogP contribution in [0.3, 0.4) is 0 Å². The van der Waals surface area contributed by atoms with Crippen molar-refractivity contribution in [2.75, 3.05) is 0 Å². The van der Waals surface area contributed by atoms with Crippen LogP contribution >= 0.6 is 0 Å². The Morgan fingerprint density at radius 2 is 1.70 bits per heavy atom. The van der Waals surface area contributed by atoms with E-state index in [-0.39, 0.29) is 0 Å². The van der Waals surface area contributed by atoms with E-state index in [2.05, 4.69) is 34.6 Å². The summed E-state index contributed by atoms with van der Waals surface area (Å²) in [5, 5.41) is 0. The minimum absolute atomic E-state index is 0.742. The van der Waals surface area contributed by atoms with Gasteiger partial charge in [-0.2, -0.15) is 0 Å². The molecule has 4 fully saturated rings. The van der Waals surface area contributed by atoms with Gasteiger partial charge < -0.3 is 0 Å². The highest BCUT2D eigenvalue weighted by molar-refractivity contribution is 5.24. The molecule has 9 atom stereocenters. The summed E-state index contributed by atoms with van der Waals surface area (Å²) in [6.45, 7) is 12.8. The highest BCUT2D eigenvalue weighted by Gasteiger charge is 2.76. The van der Waals surface area contributed by atoms with Gasteiger partial charge in [0.2, 0.25) is 0 Å². The van der Waals surface area contributed by atoms with Crippen LogP contribution in [0.15, 0.2) is 0 Å². The van der Waals surface area contributed by atoms with Gasteiger partial charge in [-0.1, -0.05) is 34.6 Å². The van der Waals surface area contributed by atoms with Crippen molar-refractivity contribution in [3.05, 3.63) is 0 Å². The molecular formula is C20H34. The quantitative estimate of drug-likeness (QED) is 0.569. The summed E-state index contributed by atoms with van der Waals surface area (Å²) in [4.78, 5) is 0. The van der Waals surface area contributed by atoms with E-state index < -0.39 is 0 Å². The fourth-order valence-electron chi connectivity index (χ4n) is 8.12. The van der Waals surface area contributed by atoms with Crippen LogP contribution in [-0.2, 0) is 0 Å². The van der Waals surface area contributed by atoms with Gasteiger partial charge in [0, 0.05) is 0 Å². The van der Waals surface area contributed by atoms with E-state index in [1.54, 1.807) is 25.7 Å². The molecule has 0 N–H and O–H groups in total. The number of hydrogen-bond acceptors (Lipinski definition) is 0. The lowest BCUT2D eigenvalue weighted by Gasteiger charge is -2.79. The summed E-state index contributed by atoms with van der Waals surface area (Å²) in [5.41, 5.74) is 1.50. The summed E-state index contributed by atoms with van der Waals surface area (Å²) in [5.74, 6) is 7.27. The molecule has 0 aromatic heterocycles. The molecule has 0 radical (unpaired) electrons. The topological polar surface area (TPSA) is 0 Å². The molecule has 0 aromatic rings. The highest BCUT2D eigenvalue weighted by Crippen LogP contribution is 2.82. The van der Waals surface area contributed by atoms with E-state index >= 15 is 0 Å². The minimum Gasteiger partial charge on any atom is -0.0648 e. The lowest BCUT2D eigenvalue weighted by molar-refractivity contribution is -0.311. The standard InChI is InChI=1S/C20H34/c1-6-20-17-8-7-16(17)18(20)14(4)12(2)9-10-19(20)11-13(3)15(19)5/h12-18H,6-11H2,1-5H3. The van der Waals surface area contributed by atoms with Gasteiger partial charge in [0.05, 0.1) is 0 Å². The molecule has 4 rings (SSSR count). The molecule has 4 aliphatic rings. The fraction of sp³-hybridized carbons (Fsp3) is 1.00. The van der Waals surface area contributed by atoms with Crippen molar-refractivity contribution in [3.8, 4) is 0 Å². The van der Waals surface area contributed by atoms with Crippen molar-refractivity contribution in [2.45, 2.75) is 73.1 Å². The lowest BCUT2D eigenvalue weighted by atomic mass is 9.25. The molecule has 20 heavy (non-hydrogen) atoms. The summed E-state index contributed by atoms with van der Waals surface area (Å²) in [6, 6.07) is 0. The first-order chi connectivity index (χ1) is 9.49. The molecule has 0 aromatic carbocycles. The van der Waals surface area contributed by atoms with Crippen molar-refractivity contribution in [1.29, 1.82) is 0 Å². The maximum Gasteiger partial charge on any atom is -0.0176 e. The molecule has 0 saturated heterocycles. The van der Waals surface area contributed by atoms with Gasteiger partial charge in [-0.3, -0.25) is 0 Å². The van der Waals surface area contributed by atoms with E-state index in [1.807, 2.05) is 0 Å². The van der Waals surface area contributed by atoms with Crippen molar-refractivity contribution < 1.29 is 0 Å². The highest BCUT2D eigenvalue weighted by atomic mass is 14.8. The second-order valence-corrected chi connectivity index (χ2v) is 9.27. The molecule has 0 nitrogen and oxygen atoms in total. The van der Waals surface area contributed by atoms with E-state index in [0.29, 0.717) is 0 Å². The van der Waals surface area contributed by atoms with Crippen LogP contribution in [0.5, 0.6) is 0 Å². The summed E-state index contributed by atoms with van der Waals surface area (Å²) in [7, 11) is 0. The van der Waals surface area contributed by atoms with E-state index in [9.17, 15) is 0 Å². The molecule has 0 aliphatic heterocycles. The maximum atomic E-state index is 2.61. The molecule has 0 heteroatoms. The van der Waals surface area contributed by atoms with Crippen LogP contribution in [0.25, 0.3) is 0 Å². The molecule has 4 saturated carbocycles. The fourth-order valence-corrected chi connectivity index (χ4v) is 8.12. The van der Waals surface area contributed by atoms with Crippen LogP contribution < -0.4 is 0 Å². The second-order valence-electron chi connectivity index (χ2n) is 9.27. The third kappa shape index (κ3) is 1.19. The average molecular weight is 274 g/mol. The minimum atomic E-state index is 0.742. The second kappa shape index (κ2) is 4.05. The van der Waals surface area contributed by atoms with Crippen molar-refractivity contribution >= 4 is 0 Å². The zero-order valence-electron chi connectivity index (χ0n) is 14.3. The average Bonchev–Trinajstić information content (AvgIpc) is 2.49. The Labute approximate surface area is 126 Å². The Morgan fingerprint density at radius 1 is 0.950 bits per heavy atom. The SMILES string of the molecule is CCC12C3CCC3C1C(C)C(C)CCC21CC(C)C1C.